The normalized spacial score (nSPS) is 12.2. The minimum absolute atomic E-state index is 0.151. The summed E-state index contributed by atoms with van der Waals surface area (Å²) in [5.41, 5.74) is 1.56. The first kappa shape index (κ1) is 13.0. The molecule has 0 fully saturated rings. The van der Waals surface area contributed by atoms with Crippen LogP contribution in [0.3, 0.4) is 0 Å². The number of aromatic nitrogens is 4. The summed E-state index contributed by atoms with van der Waals surface area (Å²) in [6, 6.07) is 7.33. The molecule has 0 bridgehead atoms. The highest BCUT2D eigenvalue weighted by Crippen LogP contribution is 2.15. The summed E-state index contributed by atoms with van der Waals surface area (Å²) in [5.74, 6) is 0.285. The number of fused-ring (bicyclic) bond motifs is 1. The van der Waals surface area contributed by atoms with Crippen LogP contribution in [0, 0.1) is 0 Å². The van der Waals surface area contributed by atoms with E-state index in [-0.39, 0.29) is 23.2 Å². The first-order valence-corrected chi connectivity index (χ1v) is 6.44. The molecule has 7 nitrogen and oxygen atoms in total. The van der Waals surface area contributed by atoms with Crippen LogP contribution in [-0.4, -0.2) is 25.8 Å². The highest BCUT2D eigenvalue weighted by molar-refractivity contribution is 5.92. The van der Waals surface area contributed by atoms with Crippen LogP contribution in [-0.2, 0) is 0 Å². The van der Waals surface area contributed by atoms with E-state index in [0.717, 1.165) is 17.2 Å². The molecule has 3 aromatic rings. The van der Waals surface area contributed by atoms with Crippen LogP contribution in [0.5, 0.6) is 0 Å². The summed E-state index contributed by atoms with van der Waals surface area (Å²) in [6.45, 7) is 1.82. The van der Waals surface area contributed by atoms with E-state index in [0.29, 0.717) is 5.82 Å². The number of aromatic amines is 2. The lowest BCUT2D eigenvalue weighted by Gasteiger charge is -2.10. The highest BCUT2D eigenvalue weighted by Gasteiger charge is 2.15. The molecule has 1 unspecified atom stereocenters. The highest BCUT2D eigenvalue weighted by atomic mass is 16.2. The number of nitrogens with one attached hydrogen (secondary N) is 3. The molecule has 0 aliphatic rings. The molecule has 0 spiro atoms. The second-order valence-electron chi connectivity index (χ2n) is 4.63. The molecule has 3 N–H and O–H groups in total. The maximum atomic E-state index is 12.0. The van der Waals surface area contributed by atoms with E-state index in [1.807, 2.05) is 31.2 Å². The van der Waals surface area contributed by atoms with E-state index >= 15 is 0 Å². The first-order valence-electron chi connectivity index (χ1n) is 6.44. The molecule has 106 valence electrons. The number of hydrogen-bond donors (Lipinski definition) is 3. The number of benzene rings is 1. The Morgan fingerprint density at radius 3 is 2.86 bits per heavy atom. The monoisotopic (exact) mass is 283 g/mol. The molecule has 1 aromatic carbocycles. The summed E-state index contributed by atoms with van der Waals surface area (Å²) in [4.78, 5) is 36.7. The lowest BCUT2D eigenvalue weighted by atomic mass is 10.3. The van der Waals surface area contributed by atoms with Gasteiger partial charge in [-0.3, -0.25) is 9.59 Å². The van der Waals surface area contributed by atoms with E-state index in [1.165, 1.54) is 6.20 Å². The van der Waals surface area contributed by atoms with Gasteiger partial charge in [0.15, 0.2) is 0 Å². The van der Waals surface area contributed by atoms with E-state index in [9.17, 15) is 9.59 Å². The zero-order valence-electron chi connectivity index (χ0n) is 11.3. The van der Waals surface area contributed by atoms with Crippen molar-refractivity contribution in [2.45, 2.75) is 13.0 Å². The van der Waals surface area contributed by atoms with Crippen molar-refractivity contribution in [1.82, 2.24) is 25.3 Å². The lowest BCUT2D eigenvalue weighted by Crippen LogP contribution is -2.28. The van der Waals surface area contributed by atoms with E-state index in [4.69, 9.17) is 0 Å². The van der Waals surface area contributed by atoms with Gasteiger partial charge in [-0.1, -0.05) is 12.1 Å². The first-order chi connectivity index (χ1) is 10.1. The van der Waals surface area contributed by atoms with Gasteiger partial charge in [0, 0.05) is 6.20 Å². The quantitative estimate of drug-likeness (QED) is 0.670. The number of imidazole rings is 1. The van der Waals surface area contributed by atoms with Crippen LogP contribution in [0.25, 0.3) is 11.0 Å². The van der Waals surface area contributed by atoms with Crippen molar-refractivity contribution >= 4 is 16.9 Å². The predicted molar refractivity (Wildman–Crippen MR) is 76.8 cm³/mol. The molecule has 1 atom stereocenters. The fraction of sp³-hybridized carbons (Fsp3) is 0.143. The number of nitrogens with zero attached hydrogens (tertiary/aromatic N) is 2. The molecule has 2 heterocycles. The number of amides is 1. The van der Waals surface area contributed by atoms with Gasteiger partial charge in [0.1, 0.15) is 11.5 Å². The number of hydrogen-bond acceptors (Lipinski definition) is 4. The van der Waals surface area contributed by atoms with Gasteiger partial charge in [-0.25, -0.2) is 9.97 Å². The van der Waals surface area contributed by atoms with Crippen molar-refractivity contribution in [1.29, 1.82) is 0 Å². The van der Waals surface area contributed by atoms with Gasteiger partial charge in [0.2, 0.25) is 0 Å². The van der Waals surface area contributed by atoms with E-state index in [2.05, 4.69) is 25.3 Å². The van der Waals surface area contributed by atoms with Crippen molar-refractivity contribution in [2.24, 2.45) is 0 Å². The summed E-state index contributed by atoms with van der Waals surface area (Å²) in [5, 5.41) is 2.78. The predicted octanol–water partition coefficient (Wildman–Crippen LogP) is 1.14. The fourth-order valence-corrected chi connectivity index (χ4v) is 1.98. The van der Waals surface area contributed by atoms with Crippen molar-refractivity contribution in [2.75, 3.05) is 0 Å². The number of carbonyl (C=O) groups excluding carboxylic acids is 1. The SMILES string of the molecule is CC(NC(=O)c1c[nH]c(=O)cn1)c1nc2ccccc2[nH]1. The summed E-state index contributed by atoms with van der Waals surface area (Å²) >= 11 is 0. The molecule has 0 saturated heterocycles. The molecule has 2 aromatic heterocycles. The molecule has 3 rings (SSSR count). The van der Waals surface area contributed by atoms with Gasteiger partial charge in [-0.05, 0) is 19.1 Å². The molecule has 0 radical (unpaired) electrons. The Kier molecular flexibility index (Phi) is 3.23. The number of rotatable bonds is 3. The fourth-order valence-electron chi connectivity index (χ4n) is 1.98. The summed E-state index contributed by atoms with van der Waals surface area (Å²) in [7, 11) is 0. The summed E-state index contributed by atoms with van der Waals surface area (Å²) < 4.78 is 0. The second-order valence-corrected chi connectivity index (χ2v) is 4.63. The number of para-hydroxylation sites is 2. The van der Waals surface area contributed by atoms with Crippen LogP contribution in [0.4, 0.5) is 0 Å². The van der Waals surface area contributed by atoms with Crippen LogP contribution < -0.4 is 10.9 Å². The van der Waals surface area contributed by atoms with Crippen molar-refractivity contribution in [3.63, 3.8) is 0 Å². The zero-order valence-corrected chi connectivity index (χ0v) is 11.3. The van der Waals surface area contributed by atoms with E-state index < -0.39 is 0 Å². The van der Waals surface area contributed by atoms with Gasteiger partial charge in [0.25, 0.3) is 11.5 Å². The van der Waals surface area contributed by atoms with Gasteiger partial charge in [-0.2, -0.15) is 0 Å². The van der Waals surface area contributed by atoms with Crippen LogP contribution in [0.1, 0.15) is 29.3 Å². The molecule has 7 heteroatoms. The number of H-pyrrole nitrogens is 2. The van der Waals surface area contributed by atoms with Crippen LogP contribution in [0.2, 0.25) is 0 Å². The van der Waals surface area contributed by atoms with Crippen LogP contribution >= 0.6 is 0 Å². The maximum absolute atomic E-state index is 12.0. The Labute approximate surface area is 119 Å². The third-order valence-electron chi connectivity index (χ3n) is 3.07. The number of carbonyl (C=O) groups is 1. The molecule has 1 amide bonds. The molecule has 21 heavy (non-hydrogen) atoms. The second kappa shape index (κ2) is 5.20. The van der Waals surface area contributed by atoms with E-state index in [1.54, 1.807) is 0 Å². The maximum Gasteiger partial charge on any atom is 0.271 e. The van der Waals surface area contributed by atoms with Crippen molar-refractivity contribution in [3.05, 3.63) is 58.5 Å². The standard InChI is InChI=1S/C14H13N5O2/c1-8(13-18-9-4-2-3-5-10(9)19-13)17-14(21)11-6-16-12(20)7-15-11/h2-8H,1H3,(H,16,20)(H,17,21)(H,18,19). The third-order valence-corrected chi connectivity index (χ3v) is 3.07. The Morgan fingerprint density at radius 2 is 2.14 bits per heavy atom. The van der Waals surface area contributed by atoms with Crippen molar-refractivity contribution < 1.29 is 4.79 Å². The lowest BCUT2D eigenvalue weighted by molar-refractivity contribution is 0.0933. The summed E-state index contributed by atoms with van der Waals surface area (Å²) in [6.07, 6.45) is 2.35. The largest absolute Gasteiger partial charge is 0.341 e. The molecule has 0 aliphatic carbocycles. The Balaban J connectivity index is 1.79. The smallest absolute Gasteiger partial charge is 0.271 e. The average Bonchev–Trinajstić information content (AvgIpc) is 2.92. The zero-order chi connectivity index (χ0) is 14.8. The Hall–Kier alpha value is -2.96. The Morgan fingerprint density at radius 1 is 1.33 bits per heavy atom. The molecule has 0 aliphatic heterocycles. The minimum atomic E-state index is -0.376. The van der Waals surface area contributed by atoms with Gasteiger partial charge < -0.3 is 15.3 Å². The van der Waals surface area contributed by atoms with Gasteiger partial charge in [0.05, 0.1) is 23.3 Å². The third kappa shape index (κ3) is 2.66. The molecular weight excluding hydrogens is 270 g/mol. The van der Waals surface area contributed by atoms with Gasteiger partial charge in [-0.15, -0.1) is 0 Å². The average molecular weight is 283 g/mol. The Bertz CT molecular complexity index is 798. The minimum Gasteiger partial charge on any atom is -0.341 e. The molecule has 0 saturated carbocycles. The van der Waals surface area contributed by atoms with Crippen LogP contribution in [0.15, 0.2) is 41.5 Å². The topological polar surface area (TPSA) is 104 Å². The van der Waals surface area contributed by atoms with Gasteiger partial charge >= 0.3 is 0 Å². The molecular formula is C14H13N5O2. The van der Waals surface area contributed by atoms with Crippen molar-refractivity contribution in [3.8, 4) is 0 Å².